The Morgan fingerprint density at radius 3 is 2.11 bits per heavy atom. The average Bonchev–Trinajstić information content (AvgIpc) is 2.21. The van der Waals surface area contributed by atoms with Crippen molar-refractivity contribution in [2.75, 3.05) is 5.32 Å². The molecule has 1 aromatic carbocycles. The topological polar surface area (TPSA) is 49.3 Å². The van der Waals surface area contributed by atoms with E-state index in [1.807, 2.05) is 5.32 Å². The van der Waals surface area contributed by atoms with E-state index in [2.05, 4.69) is 15.9 Å². The minimum atomic E-state index is -5.12. The summed E-state index contributed by atoms with van der Waals surface area (Å²) in [5.74, 6) is -1.67. The predicted octanol–water partition coefficient (Wildman–Crippen LogP) is 4.01. The lowest BCUT2D eigenvalue weighted by molar-refractivity contribution is -0.242. The first kappa shape index (κ1) is 16.6. The van der Waals surface area contributed by atoms with Gasteiger partial charge in [-0.3, -0.25) is 4.79 Å². The van der Waals surface area contributed by atoms with E-state index in [1.165, 1.54) is 12.1 Å². The minimum absolute atomic E-state index is 0.0642. The van der Waals surface area contributed by atoms with Crippen LogP contribution < -0.4 is 5.32 Å². The number of hydrogen-bond donors (Lipinski definition) is 2. The molecular weight excluding hydrogens is 374 g/mol. The molecule has 9 heteroatoms. The van der Waals surface area contributed by atoms with Crippen molar-refractivity contribution in [2.45, 2.75) is 18.7 Å². The summed E-state index contributed by atoms with van der Waals surface area (Å²) in [5, 5.41) is 10.9. The summed E-state index contributed by atoms with van der Waals surface area (Å²) in [5.41, 5.74) is -3.76. The number of anilines is 1. The molecule has 1 atom stereocenters. The van der Waals surface area contributed by atoms with Gasteiger partial charge in [0.2, 0.25) is 5.60 Å². The number of carbonyl (C=O) groups is 1. The Hall–Kier alpha value is -0.500. The summed E-state index contributed by atoms with van der Waals surface area (Å²) in [6, 6.07) is 2.68. The van der Waals surface area contributed by atoms with Crippen LogP contribution in [0.2, 0.25) is 10.0 Å². The van der Waals surface area contributed by atoms with Crippen LogP contribution in [0.15, 0.2) is 16.6 Å². The summed E-state index contributed by atoms with van der Waals surface area (Å²) >= 11 is 14.6. The van der Waals surface area contributed by atoms with Crippen LogP contribution in [-0.4, -0.2) is 22.8 Å². The van der Waals surface area contributed by atoms with E-state index < -0.39 is 17.7 Å². The zero-order valence-electron chi connectivity index (χ0n) is 9.28. The lowest BCUT2D eigenvalue weighted by atomic mass is 10.1. The average molecular weight is 381 g/mol. The van der Waals surface area contributed by atoms with Crippen molar-refractivity contribution in [3.63, 3.8) is 0 Å². The van der Waals surface area contributed by atoms with Crippen molar-refractivity contribution >= 4 is 50.7 Å². The molecule has 1 amide bonds. The highest BCUT2D eigenvalue weighted by Gasteiger charge is 2.55. The fourth-order valence-corrected chi connectivity index (χ4v) is 2.33. The molecule has 0 aliphatic carbocycles. The van der Waals surface area contributed by atoms with Crippen molar-refractivity contribution in [1.29, 1.82) is 0 Å². The molecule has 106 valence electrons. The number of hydrogen-bond acceptors (Lipinski definition) is 2. The van der Waals surface area contributed by atoms with Gasteiger partial charge >= 0.3 is 6.18 Å². The molecule has 2 N–H and O–H groups in total. The van der Waals surface area contributed by atoms with Gasteiger partial charge in [-0.05, 0) is 19.1 Å². The van der Waals surface area contributed by atoms with Crippen LogP contribution in [0.4, 0.5) is 18.9 Å². The molecule has 1 unspecified atom stereocenters. The number of rotatable bonds is 2. The highest BCUT2D eigenvalue weighted by atomic mass is 79.9. The number of carbonyl (C=O) groups excluding carboxylic acids is 1. The second kappa shape index (κ2) is 5.47. The zero-order valence-corrected chi connectivity index (χ0v) is 12.4. The number of alkyl halides is 3. The first-order chi connectivity index (χ1) is 8.46. The van der Waals surface area contributed by atoms with E-state index >= 15 is 0 Å². The molecular formula is C10H7BrCl2F3NO2. The van der Waals surface area contributed by atoms with E-state index in [0.717, 1.165) is 0 Å². The van der Waals surface area contributed by atoms with Crippen molar-refractivity contribution in [3.8, 4) is 0 Å². The Morgan fingerprint density at radius 2 is 1.74 bits per heavy atom. The van der Waals surface area contributed by atoms with E-state index in [4.69, 9.17) is 23.2 Å². The molecule has 0 spiro atoms. The van der Waals surface area contributed by atoms with E-state index in [0.29, 0.717) is 11.4 Å². The molecule has 1 rings (SSSR count). The third kappa shape index (κ3) is 3.53. The van der Waals surface area contributed by atoms with Gasteiger partial charge in [0.25, 0.3) is 5.91 Å². The second-order valence-corrected chi connectivity index (χ2v) is 5.50. The van der Waals surface area contributed by atoms with Gasteiger partial charge in [0, 0.05) is 4.47 Å². The third-order valence-electron chi connectivity index (χ3n) is 2.24. The van der Waals surface area contributed by atoms with Crippen molar-refractivity contribution in [1.82, 2.24) is 0 Å². The summed E-state index contributed by atoms with van der Waals surface area (Å²) in [6.07, 6.45) is -5.12. The van der Waals surface area contributed by atoms with Crippen molar-refractivity contribution < 1.29 is 23.1 Å². The molecule has 0 aliphatic rings. The molecule has 0 aliphatic heterocycles. The highest BCUT2D eigenvalue weighted by Crippen LogP contribution is 2.36. The molecule has 0 fully saturated rings. The Bertz CT molecular complexity index is 497. The number of amides is 1. The van der Waals surface area contributed by atoms with Gasteiger partial charge in [0.1, 0.15) is 0 Å². The SMILES string of the molecule is CC(O)(C(=O)Nc1c(Cl)cc(Br)cc1Cl)C(F)(F)F. The number of halogens is 6. The summed E-state index contributed by atoms with van der Waals surface area (Å²) in [6.45, 7) is 0.336. The van der Waals surface area contributed by atoms with Crippen LogP contribution in [0.3, 0.4) is 0 Å². The molecule has 0 bridgehead atoms. The van der Waals surface area contributed by atoms with Crippen LogP contribution in [0.1, 0.15) is 6.92 Å². The first-order valence-corrected chi connectivity index (χ1v) is 6.27. The molecule has 1 aromatic rings. The molecule has 0 aromatic heterocycles. The summed E-state index contributed by atoms with van der Waals surface area (Å²) in [4.78, 5) is 11.5. The van der Waals surface area contributed by atoms with Crippen LogP contribution in [-0.2, 0) is 4.79 Å². The van der Waals surface area contributed by atoms with E-state index in [9.17, 15) is 23.1 Å². The lowest BCUT2D eigenvalue weighted by Gasteiger charge is -2.25. The summed E-state index contributed by atoms with van der Waals surface area (Å²) < 4.78 is 37.9. The first-order valence-electron chi connectivity index (χ1n) is 4.72. The number of nitrogens with one attached hydrogen (secondary N) is 1. The van der Waals surface area contributed by atoms with Crippen LogP contribution in [0.25, 0.3) is 0 Å². The Labute approximate surface area is 124 Å². The highest BCUT2D eigenvalue weighted by molar-refractivity contribution is 9.10. The smallest absolute Gasteiger partial charge is 0.373 e. The Balaban J connectivity index is 3.08. The van der Waals surface area contributed by atoms with Gasteiger partial charge in [-0.15, -0.1) is 0 Å². The maximum Gasteiger partial charge on any atom is 0.426 e. The van der Waals surface area contributed by atoms with Gasteiger partial charge in [0.15, 0.2) is 0 Å². The summed E-state index contributed by atoms with van der Waals surface area (Å²) in [7, 11) is 0. The molecule has 0 saturated carbocycles. The lowest BCUT2D eigenvalue weighted by Crippen LogP contribution is -2.52. The van der Waals surface area contributed by atoms with Crippen LogP contribution >= 0.6 is 39.1 Å². The largest absolute Gasteiger partial charge is 0.426 e. The van der Waals surface area contributed by atoms with Gasteiger partial charge in [-0.1, -0.05) is 39.1 Å². The van der Waals surface area contributed by atoms with Gasteiger partial charge in [-0.2, -0.15) is 13.2 Å². The fourth-order valence-electron chi connectivity index (χ4n) is 1.03. The monoisotopic (exact) mass is 379 g/mol. The quantitative estimate of drug-likeness (QED) is 0.814. The van der Waals surface area contributed by atoms with Gasteiger partial charge in [0.05, 0.1) is 15.7 Å². The molecule has 19 heavy (non-hydrogen) atoms. The molecule has 3 nitrogen and oxygen atoms in total. The maximum atomic E-state index is 12.5. The molecule has 0 radical (unpaired) electrons. The van der Waals surface area contributed by atoms with Crippen molar-refractivity contribution in [2.24, 2.45) is 0 Å². The van der Waals surface area contributed by atoms with Gasteiger partial charge in [-0.25, -0.2) is 0 Å². The normalized spacial score (nSPS) is 14.9. The zero-order chi connectivity index (χ0) is 15.0. The number of aliphatic hydroxyl groups is 1. The van der Waals surface area contributed by atoms with E-state index in [-0.39, 0.29) is 15.7 Å². The van der Waals surface area contributed by atoms with Gasteiger partial charge < -0.3 is 10.4 Å². The van der Waals surface area contributed by atoms with Crippen LogP contribution in [0.5, 0.6) is 0 Å². The number of benzene rings is 1. The predicted molar refractivity (Wildman–Crippen MR) is 69.5 cm³/mol. The third-order valence-corrected chi connectivity index (χ3v) is 3.29. The van der Waals surface area contributed by atoms with Crippen LogP contribution in [0, 0.1) is 0 Å². The van der Waals surface area contributed by atoms with Crippen molar-refractivity contribution in [3.05, 3.63) is 26.7 Å². The van der Waals surface area contributed by atoms with E-state index in [1.54, 1.807) is 0 Å². The second-order valence-electron chi connectivity index (χ2n) is 3.77. The fraction of sp³-hybridized carbons (Fsp3) is 0.300. The minimum Gasteiger partial charge on any atom is -0.373 e. The molecule has 0 heterocycles. The standard InChI is InChI=1S/C10H7BrCl2F3NO2/c1-9(19,10(14,15)16)8(18)17-7-5(12)2-4(11)3-6(7)13/h2-3,19H,1H3,(H,17,18). The Kier molecular flexibility index (Phi) is 4.77. The maximum absolute atomic E-state index is 12.5. The molecule has 0 saturated heterocycles. The Morgan fingerprint density at radius 1 is 1.32 bits per heavy atom.